The Labute approximate surface area is 115 Å². The molecule has 20 heavy (non-hydrogen) atoms. The van der Waals surface area contributed by atoms with Gasteiger partial charge >= 0.3 is 5.97 Å². The summed E-state index contributed by atoms with van der Waals surface area (Å²) in [6.45, 7) is 0. The van der Waals surface area contributed by atoms with Crippen molar-refractivity contribution in [1.29, 1.82) is 0 Å². The van der Waals surface area contributed by atoms with Crippen molar-refractivity contribution in [3.63, 3.8) is 0 Å². The van der Waals surface area contributed by atoms with Crippen molar-refractivity contribution in [1.82, 2.24) is 15.0 Å². The molecular formula is C11H8N4O4S. The predicted molar refractivity (Wildman–Crippen MR) is 71.6 cm³/mol. The second kappa shape index (κ2) is 5.89. The zero-order chi connectivity index (χ0) is 14.5. The number of thiazole rings is 1. The highest BCUT2D eigenvalue weighted by molar-refractivity contribution is 7.16. The van der Waals surface area contributed by atoms with Crippen molar-refractivity contribution in [3.8, 4) is 0 Å². The van der Waals surface area contributed by atoms with Crippen LogP contribution in [0, 0.1) is 0 Å². The van der Waals surface area contributed by atoms with Gasteiger partial charge in [0.15, 0.2) is 5.13 Å². The van der Waals surface area contributed by atoms with Gasteiger partial charge in [0, 0.05) is 23.3 Å². The molecule has 2 aromatic heterocycles. The van der Waals surface area contributed by atoms with Crippen LogP contribution in [0.15, 0.2) is 29.5 Å². The van der Waals surface area contributed by atoms with Gasteiger partial charge in [0.25, 0.3) is 11.5 Å². The number of hydrogen-bond acceptors (Lipinski definition) is 6. The van der Waals surface area contributed by atoms with Crippen LogP contribution in [0.4, 0.5) is 5.13 Å². The van der Waals surface area contributed by atoms with Gasteiger partial charge in [-0.3, -0.25) is 14.9 Å². The van der Waals surface area contributed by atoms with Crippen molar-refractivity contribution >= 4 is 34.4 Å². The molecule has 0 fully saturated rings. The number of anilines is 1. The van der Waals surface area contributed by atoms with E-state index < -0.39 is 17.4 Å². The summed E-state index contributed by atoms with van der Waals surface area (Å²) in [5.41, 5.74) is -0.362. The molecule has 0 bridgehead atoms. The summed E-state index contributed by atoms with van der Waals surface area (Å²) in [6.07, 6.45) is 5.96. The number of rotatable bonds is 4. The number of carbonyl (C=O) groups excluding carboxylic acids is 1. The molecule has 8 nitrogen and oxygen atoms in total. The molecule has 0 saturated heterocycles. The van der Waals surface area contributed by atoms with Gasteiger partial charge in [-0.05, 0) is 6.08 Å². The van der Waals surface area contributed by atoms with Crippen LogP contribution >= 0.6 is 11.3 Å². The lowest BCUT2D eigenvalue weighted by Gasteiger charge is -1.99. The maximum atomic E-state index is 11.8. The topological polar surface area (TPSA) is 125 Å². The van der Waals surface area contributed by atoms with Crippen LogP contribution in [0.3, 0.4) is 0 Å². The largest absolute Gasteiger partial charge is 0.478 e. The summed E-state index contributed by atoms with van der Waals surface area (Å²) < 4.78 is 0. The lowest BCUT2D eigenvalue weighted by molar-refractivity contribution is -0.131. The molecule has 0 aromatic carbocycles. The summed E-state index contributed by atoms with van der Waals surface area (Å²) in [4.78, 5) is 43.4. The third kappa shape index (κ3) is 3.59. The monoisotopic (exact) mass is 292 g/mol. The number of H-pyrrole nitrogens is 1. The number of aromatic amines is 1. The van der Waals surface area contributed by atoms with Crippen LogP contribution in [0.25, 0.3) is 6.08 Å². The molecule has 2 heterocycles. The average Bonchev–Trinajstić information content (AvgIpc) is 2.84. The Hall–Kier alpha value is -2.81. The molecule has 0 spiro atoms. The lowest BCUT2D eigenvalue weighted by Crippen LogP contribution is -2.16. The minimum atomic E-state index is -1.07. The number of hydrogen-bond donors (Lipinski definition) is 3. The zero-order valence-electron chi connectivity index (χ0n) is 9.86. The maximum Gasteiger partial charge on any atom is 0.328 e. The summed E-state index contributed by atoms with van der Waals surface area (Å²) in [5.74, 6) is -1.59. The van der Waals surface area contributed by atoms with Gasteiger partial charge in [-0.2, -0.15) is 0 Å². The van der Waals surface area contributed by atoms with E-state index in [1.54, 1.807) is 0 Å². The Balaban J connectivity index is 2.06. The van der Waals surface area contributed by atoms with Crippen LogP contribution in [0.5, 0.6) is 0 Å². The number of carbonyl (C=O) groups is 2. The molecule has 1 amide bonds. The highest BCUT2D eigenvalue weighted by Gasteiger charge is 2.09. The van der Waals surface area contributed by atoms with E-state index in [0.717, 1.165) is 23.6 Å². The highest BCUT2D eigenvalue weighted by Crippen LogP contribution is 2.19. The van der Waals surface area contributed by atoms with Crippen molar-refractivity contribution in [2.24, 2.45) is 0 Å². The number of carboxylic acids is 1. The van der Waals surface area contributed by atoms with Crippen molar-refractivity contribution in [3.05, 3.63) is 45.6 Å². The normalized spacial score (nSPS) is 10.6. The average molecular weight is 292 g/mol. The van der Waals surface area contributed by atoms with E-state index in [-0.39, 0.29) is 5.69 Å². The Morgan fingerprint density at radius 2 is 2.15 bits per heavy atom. The lowest BCUT2D eigenvalue weighted by atomic mass is 10.4. The maximum absolute atomic E-state index is 11.8. The molecule has 0 unspecified atom stereocenters. The predicted octanol–water partition coefficient (Wildman–Crippen LogP) is 0.577. The molecule has 2 aromatic rings. The number of nitrogens with one attached hydrogen (secondary N) is 2. The van der Waals surface area contributed by atoms with Crippen LogP contribution in [-0.4, -0.2) is 31.9 Å². The fraction of sp³-hybridized carbons (Fsp3) is 0. The first kappa shape index (κ1) is 13.6. The van der Waals surface area contributed by atoms with Gasteiger partial charge in [-0.25, -0.2) is 14.8 Å². The molecule has 3 N–H and O–H groups in total. The third-order valence-corrected chi connectivity index (χ3v) is 2.92. The van der Waals surface area contributed by atoms with Gasteiger partial charge in [-0.15, -0.1) is 0 Å². The number of nitrogens with zero attached hydrogens (tertiary/aromatic N) is 2. The van der Waals surface area contributed by atoms with Gasteiger partial charge in [0.05, 0.1) is 6.20 Å². The zero-order valence-corrected chi connectivity index (χ0v) is 10.7. The summed E-state index contributed by atoms with van der Waals surface area (Å²) in [5, 5.41) is 11.3. The molecule has 9 heteroatoms. The van der Waals surface area contributed by atoms with E-state index in [1.807, 2.05) is 0 Å². The van der Waals surface area contributed by atoms with Gasteiger partial charge in [0.1, 0.15) is 5.69 Å². The molecule has 0 saturated carbocycles. The molecule has 0 aliphatic heterocycles. The van der Waals surface area contributed by atoms with Crippen molar-refractivity contribution in [2.45, 2.75) is 0 Å². The fourth-order valence-corrected chi connectivity index (χ4v) is 1.92. The number of aromatic nitrogens is 3. The van der Waals surface area contributed by atoms with E-state index >= 15 is 0 Å². The second-order valence-corrected chi connectivity index (χ2v) is 4.55. The SMILES string of the molecule is O=C(O)C=Cc1cnc(NC(=O)c2c[nH]c(=O)cn2)s1. The van der Waals surface area contributed by atoms with E-state index in [1.165, 1.54) is 18.5 Å². The highest BCUT2D eigenvalue weighted by atomic mass is 32.1. The van der Waals surface area contributed by atoms with E-state index in [0.29, 0.717) is 10.0 Å². The van der Waals surface area contributed by atoms with Crippen LogP contribution in [0.2, 0.25) is 0 Å². The third-order valence-electron chi connectivity index (χ3n) is 2.04. The Kier molecular flexibility index (Phi) is 4.01. The molecule has 0 atom stereocenters. The quantitative estimate of drug-likeness (QED) is 0.708. The van der Waals surface area contributed by atoms with E-state index in [2.05, 4.69) is 20.3 Å². The second-order valence-electron chi connectivity index (χ2n) is 3.49. The van der Waals surface area contributed by atoms with Crippen LogP contribution in [-0.2, 0) is 4.79 Å². The standard InChI is InChI=1S/C11H8N4O4S/c16-8-5-12-7(4-13-8)10(19)15-11-14-3-6(20-11)1-2-9(17)18/h1-5H,(H,13,16)(H,17,18)(H,14,15,19). The fourth-order valence-electron chi connectivity index (χ4n) is 1.20. The first-order valence-corrected chi connectivity index (χ1v) is 6.09. The molecule has 0 radical (unpaired) electrons. The summed E-state index contributed by atoms with van der Waals surface area (Å²) >= 11 is 1.11. The van der Waals surface area contributed by atoms with Crippen LogP contribution in [0.1, 0.15) is 15.4 Å². The first-order valence-electron chi connectivity index (χ1n) is 5.27. The van der Waals surface area contributed by atoms with Crippen LogP contribution < -0.4 is 10.9 Å². The first-order chi connectivity index (χ1) is 9.54. The molecule has 0 aliphatic rings. The van der Waals surface area contributed by atoms with Gasteiger partial charge < -0.3 is 10.1 Å². The Morgan fingerprint density at radius 3 is 2.80 bits per heavy atom. The smallest absolute Gasteiger partial charge is 0.328 e. The minimum Gasteiger partial charge on any atom is -0.478 e. The Bertz CT molecular complexity index is 714. The van der Waals surface area contributed by atoms with Crippen molar-refractivity contribution in [2.75, 3.05) is 5.32 Å². The molecular weight excluding hydrogens is 284 g/mol. The minimum absolute atomic E-state index is 0.0439. The summed E-state index contributed by atoms with van der Waals surface area (Å²) in [6, 6.07) is 0. The van der Waals surface area contributed by atoms with Crippen molar-refractivity contribution < 1.29 is 14.7 Å². The van der Waals surface area contributed by atoms with E-state index in [9.17, 15) is 14.4 Å². The number of amides is 1. The van der Waals surface area contributed by atoms with Gasteiger partial charge in [-0.1, -0.05) is 11.3 Å². The molecule has 0 aliphatic carbocycles. The van der Waals surface area contributed by atoms with E-state index in [4.69, 9.17) is 5.11 Å². The number of aliphatic carboxylic acids is 1. The number of carboxylic acid groups (broad SMARTS) is 1. The summed E-state index contributed by atoms with van der Waals surface area (Å²) in [7, 11) is 0. The molecule has 2 rings (SSSR count). The molecule has 102 valence electrons. The Morgan fingerprint density at radius 1 is 1.35 bits per heavy atom. The van der Waals surface area contributed by atoms with Gasteiger partial charge in [0.2, 0.25) is 0 Å².